The molecule has 5 aromatic rings. The first-order valence-electron chi connectivity index (χ1n) is 15.2. The van der Waals surface area contributed by atoms with Gasteiger partial charge >= 0.3 is 18.0 Å². The van der Waals surface area contributed by atoms with Gasteiger partial charge in [0.25, 0.3) is 0 Å². The fourth-order valence-corrected chi connectivity index (χ4v) is 5.06. The van der Waals surface area contributed by atoms with E-state index in [1.807, 2.05) is 6.92 Å². The summed E-state index contributed by atoms with van der Waals surface area (Å²) >= 11 is 12.0. The van der Waals surface area contributed by atoms with E-state index in [0.29, 0.717) is 11.3 Å². The molecule has 14 heteroatoms. The van der Waals surface area contributed by atoms with Crippen LogP contribution in [-0.4, -0.2) is 32.3 Å². The summed E-state index contributed by atoms with van der Waals surface area (Å²) in [6.07, 6.45) is -0.839. The van der Waals surface area contributed by atoms with E-state index in [2.05, 4.69) is 14.8 Å². The fraction of sp³-hybridized carbons (Fsp3) is 0.132. The summed E-state index contributed by atoms with van der Waals surface area (Å²) in [6, 6.07) is 21.9. The van der Waals surface area contributed by atoms with Gasteiger partial charge < -0.3 is 19.5 Å². The van der Waals surface area contributed by atoms with Crippen molar-refractivity contribution in [2.45, 2.75) is 20.0 Å². The van der Waals surface area contributed by atoms with E-state index in [9.17, 15) is 31.9 Å². The zero-order valence-electron chi connectivity index (χ0n) is 27.8. The Bertz CT molecular complexity index is 2080. The van der Waals surface area contributed by atoms with Gasteiger partial charge in [-0.2, -0.15) is 0 Å². The molecular formula is C38H30Cl2F4N2O6. The van der Waals surface area contributed by atoms with Crippen LogP contribution in [0.2, 0.25) is 10.0 Å². The SMILES string of the molecule is COC(=O)c1ccc(CN(C(=O)Oc2ccc(C)cc2)c2ccc(F)cc2Cl)c(F)c1.COC(=O)c1ccc(CNc2ccc(F)cc2Cl)c(F)c1. The Morgan fingerprint density at radius 1 is 0.673 bits per heavy atom. The van der Waals surface area contributed by atoms with Crippen molar-refractivity contribution >= 4 is 52.6 Å². The number of methoxy groups -OCH3 is 2. The maximum Gasteiger partial charge on any atom is 0.420 e. The van der Waals surface area contributed by atoms with Gasteiger partial charge in [-0.25, -0.2) is 31.9 Å². The number of hydrogen-bond acceptors (Lipinski definition) is 7. The van der Waals surface area contributed by atoms with Crippen LogP contribution in [0.25, 0.3) is 0 Å². The van der Waals surface area contributed by atoms with Crippen LogP contribution in [0.5, 0.6) is 5.75 Å². The minimum absolute atomic E-state index is 0.0253. The van der Waals surface area contributed by atoms with Crippen molar-refractivity contribution in [3.05, 3.63) is 158 Å². The highest BCUT2D eigenvalue weighted by Crippen LogP contribution is 2.30. The zero-order chi connectivity index (χ0) is 37.9. The van der Waals surface area contributed by atoms with Gasteiger partial charge in [-0.15, -0.1) is 0 Å². The van der Waals surface area contributed by atoms with E-state index in [0.717, 1.165) is 34.7 Å². The summed E-state index contributed by atoms with van der Waals surface area (Å²) < 4.78 is 69.4. The van der Waals surface area contributed by atoms with Crippen molar-refractivity contribution in [2.24, 2.45) is 0 Å². The van der Waals surface area contributed by atoms with Crippen LogP contribution < -0.4 is 15.0 Å². The molecule has 0 bridgehead atoms. The van der Waals surface area contributed by atoms with Gasteiger partial charge in [0.1, 0.15) is 29.0 Å². The lowest BCUT2D eigenvalue weighted by atomic mass is 10.1. The third kappa shape index (κ3) is 10.5. The van der Waals surface area contributed by atoms with Gasteiger partial charge in [-0.1, -0.05) is 53.0 Å². The lowest BCUT2D eigenvalue weighted by Gasteiger charge is -2.23. The van der Waals surface area contributed by atoms with Gasteiger partial charge in [0.05, 0.1) is 53.3 Å². The molecule has 0 aromatic heterocycles. The van der Waals surface area contributed by atoms with E-state index < -0.39 is 41.3 Å². The number of amides is 1. The lowest BCUT2D eigenvalue weighted by Crippen LogP contribution is -2.33. The van der Waals surface area contributed by atoms with E-state index in [1.54, 1.807) is 24.3 Å². The van der Waals surface area contributed by atoms with Gasteiger partial charge in [-0.05, 0) is 79.7 Å². The highest BCUT2D eigenvalue weighted by Gasteiger charge is 2.23. The number of nitrogens with one attached hydrogen (secondary N) is 1. The molecule has 1 amide bonds. The molecule has 0 heterocycles. The predicted molar refractivity (Wildman–Crippen MR) is 189 cm³/mol. The highest BCUT2D eigenvalue weighted by atomic mass is 35.5. The number of carbonyl (C=O) groups excluding carboxylic acids is 3. The summed E-state index contributed by atoms with van der Waals surface area (Å²) in [7, 11) is 2.42. The largest absolute Gasteiger partial charge is 0.465 e. The molecule has 0 aliphatic rings. The summed E-state index contributed by atoms with van der Waals surface area (Å²) in [6.45, 7) is 1.76. The molecule has 0 aliphatic heterocycles. The second-order valence-electron chi connectivity index (χ2n) is 10.9. The first-order valence-corrected chi connectivity index (χ1v) is 16.0. The van der Waals surface area contributed by atoms with E-state index in [1.165, 1.54) is 62.8 Å². The highest BCUT2D eigenvalue weighted by molar-refractivity contribution is 6.34. The minimum atomic E-state index is -0.839. The van der Waals surface area contributed by atoms with Crippen LogP contribution in [0.15, 0.2) is 97.1 Å². The van der Waals surface area contributed by atoms with Crippen LogP contribution in [-0.2, 0) is 22.6 Å². The van der Waals surface area contributed by atoms with Crippen molar-refractivity contribution in [3.8, 4) is 5.75 Å². The predicted octanol–water partition coefficient (Wildman–Crippen LogP) is 9.94. The van der Waals surface area contributed by atoms with Crippen LogP contribution >= 0.6 is 23.2 Å². The summed E-state index contributed by atoms with van der Waals surface area (Å²) in [5.74, 6) is -3.32. The summed E-state index contributed by atoms with van der Waals surface area (Å²) in [5, 5.41) is 3.07. The van der Waals surface area contributed by atoms with Gasteiger partial charge in [0, 0.05) is 17.7 Å². The summed E-state index contributed by atoms with van der Waals surface area (Å²) in [4.78, 5) is 36.9. The van der Waals surface area contributed by atoms with Crippen molar-refractivity contribution in [2.75, 3.05) is 24.4 Å². The van der Waals surface area contributed by atoms with Crippen molar-refractivity contribution in [1.82, 2.24) is 0 Å². The molecular weight excluding hydrogens is 727 g/mol. The lowest BCUT2D eigenvalue weighted by molar-refractivity contribution is 0.0591. The molecule has 270 valence electrons. The molecule has 0 radical (unpaired) electrons. The second-order valence-corrected chi connectivity index (χ2v) is 11.8. The van der Waals surface area contributed by atoms with Crippen molar-refractivity contribution in [1.29, 1.82) is 0 Å². The molecule has 0 aliphatic carbocycles. The zero-order valence-corrected chi connectivity index (χ0v) is 29.3. The minimum Gasteiger partial charge on any atom is -0.465 e. The Morgan fingerprint density at radius 3 is 1.73 bits per heavy atom. The maximum atomic E-state index is 14.6. The number of halogens is 6. The number of aryl methyl sites for hydroxylation is 1. The quantitative estimate of drug-likeness (QED) is 0.118. The molecule has 5 aromatic carbocycles. The van der Waals surface area contributed by atoms with E-state index in [-0.39, 0.29) is 51.3 Å². The number of anilines is 2. The van der Waals surface area contributed by atoms with Crippen molar-refractivity contribution in [3.63, 3.8) is 0 Å². The number of carbonyl (C=O) groups is 3. The van der Waals surface area contributed by atoms with Crippen LogP contribution in [0.4, 0.5) is 33.7 Å². The molecule has 5 rings (SSSR count). The topological polar surface area (TPSA) is 94.2 Å². The first-order chi connectivity index (χ1) is 24.8. The molecule has 0 fully saturated rings. The van der Waals surface area contributed by atoms with Crippen LogP contribution in [0, 0.1) is 30.2 Å². The van der Waals surface area contributed by atoms with E-state index in [4.69, 9.17) is 27.9 Å². The van der Waals surface area contributed by atoms with Gasteiger partial charge in [0.15, 0.2) is 0 Å². The smallest absolute Gasteiger partial charge is 0.420 e. The average Bonchev–Trinajstić information content (AvgIpc) is 3.12. The molecule has 0 saturated heterocycles. The van der Waals surface area contributed by atoms with E-state index >= 15 is 0 Å². The third-order valence-corrected chi connectivity index (χ3v) is 7.94. The molecule has 0 unspecified atom stereocenters. The first kappa shape index (κ1) is 39.2. The fourth-order valence-electron chi connectivity index (χ4n) is 4.56. The Balaban J connectivity index is 0.000000251. The molecule has 52 heavy (non-hydrogen) atoms. The van der Waals surface area contributed by atoms with Gasteiger partial charge in [-0.3, -0.25) is 4.90 Å². The second kappa shape index (κ2) is 18.1. The number of esters is 2. The number of benzene rings is 5. The van der Waals surface area contributed by atoms with Gasteiger partial charge in [0.2, 0.25) is 0 Å². The van der Waals surface area contributed by atoms with Crippen LogP contribution in [0.1, 0.15) is 37.4 Å². The Kier molecular flexibility index (Phi) is 13.6. The number of nitrogens with zero attached hydrogens (tertiary/aromatic N) is 1. The number of rotatable bonds is 9. The van der Waals surface area contributed by atoms with Crippen LogP contribution in [0.3, 0.4) is 0 Å². The molecule has 1 N–H and O–H groups in total. The number of hydrogen-bond donors (Lipinski definition) is 1. The Morgan fingerprint density at radius 2 is 1.21 bits per heavy atom. The normalized spacial score (nSPS) is 10.4. The Hall–Kier alpha value is -5.59. The summed E-state index contributed by atoms with van der Waals surface area (Å²) in [5.41, 5.74) is 2.21. The molecule has 0 saturated carbocycles. The Labute approximate surface area is 306 Å². The molecule has 0 spiro atoms. The van der Waals surface area contributed by atoms with Crippen molar-refractivity contribution < 1.29 is 46.2 Å². The molecule has 0 atom stereocenters. The number of ether oxygens (including phenoxy) is 3. The molecule has 8 nitrogen and oxygen atoms in total. The average molecular weight is 758 g/mol. The monoisotopic (exact) mass is 756 g/mol. The third-order valence-electron chi connectivity index (χ3n) is 7.32. The standard InChI is InChI=1S/C23H18ClF2NO4.C15H12ClF2NO2/c1-14-3-8-18(9-4-14)31-23(29)27(21-10-7-17(25)12-19(21)24)13-16-6-5-15(11-20(16)26)22(28)30-2;1-21-15(20)9-2-3-10(13(18)6-9)8-19-14-5-4-11(17)7-12(14)16/h3-12H,13H2,1-2H3;2-7,19H,8H2,1H3. The maximum absolute atomic E-state index is 14.6.